The topological polar surface area (TPSA) is 87.5 Å². The molecule has 104 valence electrons. The number of rotatable bonds is 5. The van der Waals surface area contributed by atoms with Gasteiger partial charge in [-0.1, -0.05) is 13.3 Å². The molecule has 6 nitrogen and oxygen atoms in total. The van der Waals surface area contributed by atoms with E-state index >= 15 is 0 Å². The number of hydrogen-bond donors (Lipinski definition) is 3. The highest BCUT2D eigenvalue weighted by Crippen LogP contribution is 2.10. The number of likely N-dealkylation sites (N-methyl/N-ethyl adjacent to an activating group) is 1. The predicted molar refractivity (Wildman–Crippen MR) is 70.1 cm³/mol. The number of hydrogen-bond acceptors (Lipinski definition) is 4. The smallest absolute Gasteiger partial charge is 0.318 e. The molecule has 1 heterocycles. The number of piperidine rings is 1. The normalized spacial score (nSPS) is 21.6. The molecule has 1 rings (SSSR count). The summed E-state index contributed by atoms with van der Waals surface area (Å²) in [5.74, 6) is -0.333. The summed E-state index contributed by atoms with van der Waals surface area (Å²) in [4.78, 5) is 24.5. The quantitative estimate of drug-likeness (QED) is 0.648. The summed E-state index contributed by atoms with van der Waals surface area (Å²) in [7, 11) is 0. The molecule has 6 heteroatoms. The molecule has 2 atom stereocenters. The van der Waals surface area contributed by atoms with Crippen molar-refractivity contribution in [3.63, 3.8) is 0 Å². The molecule has 1 aliphatic heterocycles. The van der Waals surface area contributed by atoms with E-state index in [1.165, 1.54) is 12.8 Å². The van der Waals surface area contributed by atoms with Crippen LogP contribution in [0.3, 0.4) is 0 Å². The monoisotopic (exact) mass is 256 g/mol. The van der Waals surface area contributed by atoms with E-state index in [2.05, 4.69) is 15.5 Å². The minimum atomic E-state index is -0.793. The standard InChI is InChI=1S/C12H24N4O2/c1-3-16(8-10-6-4-5-7-14-10)9(2)11(17)15-12(13)18/h9-10,14H,3-8H2,1-2H3,(H3,13,15,17,18). The Morgan fingerprint density at radius 1 is 1.50 bits per heavy atom. The summed E-state index contributed by atoms with van der Waals surface area (Å²) in [6, 6.07) is -0.701. The molecule has 18 heavy (non-hydrogen) atoms. The molecule has 2 unspecified atom stereocenters. The highest BCUT2D eigenvalue weighted by atomic mass is 16.2. The number of primary amides is 1. The van der Waals surface area contributed by atoms with Crippen LogP contribution in [0, 0.1) is 0 Å². The van der Waals surface area contributed by atoms with Crippen LogP contribution in [0.5, 0.6) is 0 Å². The first-order chi connectivity index (χ1) is 8.54. The van der Waals surface area contributed by atoms with Crippen molar-refractivity contribution in [3.8, 4) is 0 Å². The minimum Gasteiger partial charge on any atom is -0.351 e. The van der Waals surface area contributed by atoms with E-state index < -0.39 is 6.03 Å². The number of amides is 3. The van der Waals surface area contributed by atoms with Crippen molar-refractivity contribution >= 4 is 11.9 Å². The number of carbonyl (C=O) groups is 2. The van der Waals surface area contributed by atoms with E-state index in [1.807, 2.05) is 6.92 Å². The van der Waals surface area contributed by atoms with Gasteiger partial charge in [0.2, 0.25) is 5.91 Å². The number of nitrogens with two attached hydrogens (primary N) is 1. The molecule has 1 fully saturated rings. The van der Waals surface area contributed by atoms with Gasteiger partial charge in [-0.25, -0.2) is 4.79 Å². The maximum atomic E-state index is 11.7. The van der Waals surface area contributed by atoms with E-state index in [9.17, 15) is 9.59 Å². The number of urea groups is 1. The van der Waals surface area contributed by atoms with Crippen molar-refractivity contribution in [2.24, 2.45) is 5.73 Å². The van der Waals surface area contributed by atoms with Crippen molar-refractivity contribution in [2.75, 3.05) is 19.6 Å². The Bertz CT molecular complexity index is 290. The first kappa shape index (κ1) is 14.9. The van der Waals surface area contributed by atoms with Crippen LogP contribution >= 0.6 is 0 Å². The Hall–Kier alpha value is -1.14. The van der Waals surface area contributed by atoms with Crippen molar-refractivity contribution in [2.45, 2.75) is 45.2 Å². The van der Waals surface area contributed by atoms with E-state index in [1.54, 1.807) is 6.92 Å². The molecule has 1 aliphatic rings. The summed E-state index contributed by atoms with van der Waals surface area (Å²) >= 11 is 0. The summed E-state index contributed by atoms with van der Waals surface area (Å²) in [5.41, 5.74) is 4.96. The fraction of sp³-hybridized carbons (Fsp3) is 0.833. The Morgan fingerprint density at radius 3 is 2.72 bits per heavy atom. The molecule has 0 aromatic carbocycles. The van der Waals surface area contributed by atoms with Crippen LogP contribution in [0.4, 0.5) is 4.79 Å². The lowest BCUT2D eigenvalue weighted by Crippen LogP contribution is -2.52. The third-order valence-electron chi connectivity index (χ3n) is 3.45. The van der Waals surface area contributed by atoms with E-state index in [-0.39, 0.29) is 11.9 Å². The van der Waals surface area contributed by atoms with E-state index in [4.69, 9.17) is 5.73 Å². The van der Waals surface area contributed by atoms with Gasteiger partial charge < -0.3 is 11.1 Å². The molecule has 0 aromatic heterocycles. The number of nitrogens with zero attached hydrogens (tertiary/aromatic N) is 1. The van der Waals surface area contributed by atoms with Crippen molar-refractivity contribution in [1.82, 2.24) is 15.5 Å². The maximum Gasteiger partial charge on any atom is 0.318 e. The molecule has 0 saturated carbocycles. The van der Waals surface area contributed by atoms with Crippen LogP contribution in [-0.4, -0.2) is 48.6 Å². The lowest BCUT2D eigenvalue weighted by Gasteiger charge is -2.32. The van der Waals surface area contributed by atoms with Gasteiger partial charge >= 0.3 is 6.03 Å². The van der Waals surface area contributed by atoms with Gasteiger partial charge in [0.1, 0.15) is 0 Å². The maximum absolute atomic E-state index is 11.7. The van der Waals surface area contributed by atoms with Gasteiger partial charge in [0.25, 0.3) is 0 Å². The van der Waals surface area contributed by atoms with Crippen LogP contribution in [0.25, 0.3) is 0 Å². The van der Waals surface area contributed by atoms with Crippen molar-refractivity contribution < 1.29 is 9.59 Å². The fourth-order valence-corrected chi connectivity index (χ4v) is 2.32. The molecule has 0 aliphatic carbocycles. The highest BCUT2D eigenvalue weighted by Gasteiger charge is 2.24. The molecular formula is C12H24N4O2. The Balaban J connectivity index is 2.47. The first-order valence-corrected chi connectivity index (χ1v) is 6.62. The minimum absolute atomic E-state index is 0.333. The van der Waals surface area contributed by atoms with Gasteiger partial charge in [0.15, 0.2) is 0 Å². The fourth-order valence-electron chi connectivity index (χ4n) is 2.32. The van der Waals surface area contributed by atoms with Gasteiger partial charge in [-0.15, -0.1) is 0 Å². The Kier molecular flexibility index (Phi) is 6.07. The van der Waals surface area contributed by atoms with Crippen molar-refractivity contribution in [1.29, 1.82) is 0 Å². The van der Waals surface area contributed by atoms with Crippen molar-refractivity contribution in [3.05, 3.63) is 0 Å². The Labute approximate surface area is 108 Å². The summed E-state index contributed by atoms with van der Waals surface area (Å²) in [6.07, 6.45) is 3.60. The van der Waals surface area contributed by atoms with Gasteiger partial charge in [-0.3, -0.25) is 15.0 Å². The summed E-state index contributed by atoms with van der Waals surface area (Å²) in [5, 5.41) is 5.59. The number of imide groups is 1. The van der Waals surface area contributed by atoms with E-state index in [0.29, 0.717) is 6.04 Å². The van der Waals surface area contributed by atoms with E-state index in [0.717, 1.165) is 26.1 Å². The largest absolute Gasteiger partial charge is 0.351 e. The second kappa shape index (κ2) is 7.33. The zero-order chi connectivity index (χ0) is 13.5. The van der Waals surface area contributed by atoms with Crippen LogP contribution in [-0.2, 0) is 4.79 Å². The molecule has 0 bridgehead atoms. The molecular weight excluding hydrogens is 232 g/mol. The summed E-state index contributed by atoms with van der Waals surface area (Å²) < 4.78 is 0. The average Bonchev–Trinajstić information content (AvgIpc) is 2.35. The number of carbonyl (C=O) groups excluding carboxylic acids is 2. The third kappa shape index (κ3) is 4.62. The second-order valence-corrected chi connectivity index (χ2v) is 4.76. The second-order valence-electron chi connectivity index (χ2n) is 4.76. The van der Waals surface area contributed by atoms with Crippen LogP contribution < -0.4 is 16.4 Å². The number of nitrogens with one attached hydrogen (secondary N) is 2. The SMILES string of the molecule is CCN(CC1CCCCN1)C(C)C(=O)NC(N)=O. The third-order valence-corrected chi connectivity index (χ3v) is 3.45. The zero-order valence-electron chi connectivity index (χ0n) is 11.2. The molecule has 0 radical (unpaired) electrons. The van der Waals surface area contributed by atoms with Crippen LogP contribution in [0.1, 0.15) is 33.1 Å². The first-order valence-electron chi connectivity index (χ1n) is 6.62. The molecule has 4 N–H and O–H groups in total. The van der Waals surface area contributed by atoms with Crippen LogP contribution in [0.2, 0.25) is 0 Å². The van der Waals surface area contributed by atoms with Gasteiger partial charge in [0.05, 0.1) is 6.04 Å². The molecule has 0 spiro atoms. The lowest BCUT2D eigenvalue weighted by atomic mass is 10.0. The van der Waals surface area contributed by atoms with Gasteiger partial charge in [0, 0.05) is 12.6 Å². The average molecular weight is 256 g/mol. The molecule has 3 amide bonds. The predicted octanol–water partition coefficient (Wildman–Crippen LogP) is 0.0338. The zero-order valence-corrected chi connectivity index (χ0v) is 11.2. The van der Waals surface area contributed by atoms with Gasteiger partial charge in [-0.05, 0) is 32.9 Å². The summed E-state index contributed by atoms with van der Waals surface area (Å²) in [6.45, 7) is 6.45. The van der Waals surface area contributed by atoms with Crippen LogP contribution in [0.15, 0.2) is 0 Å². The molecule has 1 saturated heterocycles. The highest BCUT2D eigenvalue weighted by molar-refractivity contribution is 5.96. The molecule has 0 aromatic rings. The van der Waals surface area contributed by atoms with Gasteiger partial charge in [-0.2, -0.15) is 0 Å². The lowest BCUT2D eigenvalue weighted by molar-refractivity contribution is -0.124. The Morgan fingerprint density at radius 2 is 2.22 bits per heavy atom.